The zero-order chi connectivity index (χ0) is 14.0. The molecule has 102 valence electrons. The topological polar surface area (TPSA) is 38.0 Å². The maximum atomic E-state index is 9.62. The monoisotopic (exact) mass is 298 g/mol. The normalized spacial score (nSPS) is 12.7. The molecule has 0 saturated heterocycles. The second-order valence-electron chi connectivity index (χ2n) is 4.58. The third kappa shape index (κ3) is 2.94. The van der Waals surface area contributed by atoms with Crippen LogP contribution in [0.1, 0.15) is 22.7 Å². The molecule has 0 spiro atoms. The molecule has 0 aliphatic rings. The van der Waals surface area contributed by atoms with Gasteiger partial charge in [-0.2, -0.15) is 5.10 Å². The Morgan fingerprint density at radius 2 is 2.00 bits per heavy atom. The zero-order valence-electron chi connectivity index (χ0n) is 10.9. The summed E-state index contributed by atoms with van der Waals surface area (Å²) in [7, 11) is 1.81. The van der Waals surface area contributed by atoms with E-state index >= 15 is 0 Å². The van der Waals surface area contributed by atoms with Crippen molar-refractivity contribution in [3.05, 3.63) is 51.3 Å². The highest BCUT2D eigenvalue weighted by atomic mass is 35.5. The Bertz CT molecular complexity index is 581. The quantitative estimate of drug-likeness (QED) is 0.940. The van der Waals surface area contributed by atoms with E-state index in [1.54, 1.807) is 4.68 Å². The summed E-state index contributed by atoms with van der Waals surface area (Å²) in [4.78, 5) is 0. The van der Waals surface area contributed by atoms with Gasteiger partial charge in [-0.1, -0.05) is 41.4 Å². The molecule has 0 radical (unpaired) electrons. The summed E-state index contributed by atoms with van der Waals surface area (Å²) in [5, 5.41) is 15.2. The van der Waals surface area contributed by atoms with E-state index in [9.17, 15) is 5.11 Å². The van der Waals surface area contributed by atoms with Crippen LogP contribution in [0, 0.1) is 6.92 Å². The fraction of sp³-hybridized carbons (Fsp3) is 0.357. The van der Waals surface area contributed by atoms with Gasteiger partial charge in [-0.05, 0) is 25.0 Å². The molecule has 3 nitrogen and oxygen atoms in total. The number of aryl methyl sites for hydroxylation is 2. The van der Waals surface area contributed by atoms with Gasteiger partial charge in [0.1, 0.15) is 5.15 Å². The minimum absolute atomic E-state index is 0.0222. The molecule has 1 aromatic heterocycles. The zero-order valence-corrected chi connectivity index (χ0v) is 12.4. The van der Waals surface area contributed by atoms with Crippen LogP contribution in [0.5, 0.6) is 0 Å². The largest absolute Gasteiger partial charge is 0.396 e. The van der Waals surface area contributed by atoms with Gasteiger partial charge >= 0.3 is 0 Å². The highest BCUT2D eigenvalue weighted by Gasteiger charge is 2.19. The standard InChI is InChI=1S/C14H16Cl2N2O/c1-9-12(14(16)18(2)17-9)7-10(8-19)11-5-3-4-6-13(11)15/h3-6,10,19H,7-8H2,1-2H3. The van der Waals surface area contributed by atoms with Crippen LogP contribution in [0.15, 0.2) is 24.3 Å². The van der Waals surface area contributed by atoms with E-state index in [2.05, 4.69) is 5.10 Å². The highest BCUT2D eigenvalue weighted by Crippen LogP contribution is 2.30. The van der Waals surface area contributed by atoms with E-state index in [1.807, 2.05) is 38.2 Å². The molecule has 0 aliphatic heterocycles. The molecular weight excluding hydrogens is 283 g/mol. The van der Waals surface area contributed by atoms with Crippen LogP contribution in [0.25, 0.3) is 0 Å². The van der Waals surface area contributed by atoms with Crippen LogP contribution < -0.4 is 0 Å². The smallest absolute Gasteiger partial charge is 0.130 e. The van der Waals surface area contributed by atoms with Crippen LogP contribution in [0.2, 0.25) is 10.2 Å². The lowest BCUT2D eigenvalue weighted by atomic mass is 9.93. The Hall–Kier alpha value is -1.03. The Morgan fingerprint density at radius 1 is 1.32 bits per heavy atom. The summed E-state index contributed by atoms with van der Waals surface area (Å²) in [5.74, 6) is -0.0749. The molecule has 1 aromatic carbocycles. The average Bonchev–Trinajstić information content (AvgIpc) is 2.63. The first-order chi connectivity index (χ1) is 9.04. The van der Waals surface area contributed by atoms with Crippen molar-refractivity contribution in [2.45, 2.75) is 19.3 Å². The summed E-state index contributed by atoms with van der Waals surface area (Å²) < 4.78 is 1.65. The number of aliphatic hydroxyl groups excluding tert-OH is 1. The van der Waals surface area contributed by atoms with Crippen molar-refractivity contribution in [2.24, 2.45) is 7.05 Å². The number of halogens is 2. The first-order valence-electron chi connectivity index (χ1n) is 6.07. The number of aromatic nitrogens is 2. The predicted molar refractivity (Wildman–Crippen MR) is 77.9 cm³/mol. The van der Waals surface area contributed by atoms with Crippen molar-refractivity contribution in [1.82, 2.24) is 9.78 Å². The molecule has 1 atom stereocenters. The number of aliphatic hydroxyl groups is 1. The minimum atomic E-state index is -0.0749. The molecule has 2 aromatic rings. The van der Waals surface area contributed by atoms with Crippen molar-refractivity contribution >= 4 is 23.2 Å². The number of hydrogen-bond acceptors (Lipinski definition) is 2. The summed E-state index contributed by atoms with van der Waals surface area (Å²) in [6, 6.07) is 7.56. The fourth-order valence-corrected chi connectivity index (χ4v) is 2.77. The molecule has 0 fully saturated rings. The first kappa shape index (κ1) is 14.4. The van der Waals surface area contributed by atoms with Crippen molar-refractivity contribution in [3.63, 3.8) is 0 Å². The lowest BCUT2D eigenvalue weighted by Crippen LogP contribution is -2.09. The Kier molecular flexibility index (Phi) is 4.50. The molecule has 19 heavy (non-hydrogen) atoms. The van der Waals surface area contributed by atoms with E-state index in [1.165, 1.54) is 0 Å². The summed E-state index contributed by atoms with van der Waals surface area (Å²) in [6.07, 6.45) is 0.624. The molecule has 1 heterocycles. The number of hydrogen-bond donors (Lipinski definition) is 1. The Morgan fingerprint density at radius 3 is 2.53 bits per heavy atom. The molecule has 0 aliphatic carbocycles. The van der Waals surface area contributed by atoms with Gasteiger partial charge in [-0.3, -0.25) is 4.68 Å². The Balaban J connectivity index is 2.32. The predicted octanol–water partition coefficient (Wildman–Crippen LogP) is 3.35. The molecule has 0 bridgehead atoms. The van der Waals surface area contributed by atoms with E-state index < -0.39 is 0 Å². The number of rotatable bonds is 4. The van der Waals surface area contributed by atoms with Gasteiger partial charge in [0.05, 0.1) is 12.3 Å². The summed E-state index contributed by atoms with van der Waals surface area (Å²) in [6.45, 7) is 1.94. The number of nitrogens with zero attached hydrogens (tertiary/aromatic N) is 2. The SMILES string of the molecule is Cc1nn(C)c(Cl)c1CC(CO)c1ccccc1Cl. The molecule has 5 heteroatoms. The molecule has 2 rings (SSSR count). The van der Waals surface area contributed by atoms with Gasteiger partial charge in [0.25, 0.3) is 0 Å². The summed E-state index contributed by atoms with van der Waals surface area (Å²) in [5.41, 5.74) is 2.78. The lowest BCUT2D eigenvalue weighted by molar-refractivity contribution is 0.264. The van der Waals surface area contributed by atoms with E-state index in [-0.39, 0.29) is 12.5 Å². The van der Waals surface area contributed by atoms with E-state index in [0.29, 0.717) is 16.6 Å². The molecule has 0 amide bonds. The lowest BCUT2D eigenvalue weighted by Gasteiger charge is -2.16. The van der Waals surface area contributed by atoms with Gasteiger partial charge < -0.3 is 5.11 Å². The second kappa shape index (κ2) is 5.95. The van der Waals surface area contributed by atoms with E-state index in [4.69, 9.17) is 23.2 Å². The van der Waals surface area contributed by atoms with Crippen molar-refractivity contribution in [1.29, 1.82) is 0 Å². The Labute approximate surface area is 122 Å². The van der Waals surface area contributed by atoms with Crippen LogP contribution in [-0.2, 0) is 13.5 Å². The molecular formula is C14H16Cl2N2O. The third-order valence-corrected chi connectivity index (χ3v) is 4.10. The maximum Gasteiger partial charge on any atom is 0.130 e. The van der Waals surface area contributed by atoms with Crippen molar-refractivity contribution in [2.75, 3.05) is 6.61 Å². The summed E-state index contributed by atoms with van der Waals surface area (Å²) >= 11 is 12.4. The number of benzene rings is 1. The fourth-order valence-electron chi connectivity index (χ4n) is 2.23. The van der Waals surface area contributed by atoms with E-state index in [0.717, 1.165) is 16.8 Å². The van der Waals surface area contributed by atoms with Crippen molar-refractivity contribution < 1.29 is 5.11 Å². The van der Waals surface area contributed by atoms with Crippen molar-refractivity contribution in [3.8, 4) is 0 Å². The van der Waals surface area contributed by atoms with Gasteiger partial charge in [0, 0.05) is 23.6 Å². The third-order valence-electron chi connectivity index (χ3n) is 3.29. The van der Waals surface area contributed by atoms with Gasteiger partial charge in [-0.15, -0.1) is 0 Å². The van der Waals surface area contributed by atoms with Crippen LogP contribution in [0.4, 0.5) is 0 Å². The highest BCUT2D eigenvalue weighted by molar-refractivity contribution is 6.31. The van der Waals surface area contributed by atoms with Crippen LogP contribution >= 0.6 is 23.2 Å². The molecule has 1 N–H and O–H groups in total. The average molecular weight is 299 g/mol. The van der Waals surface area contributed by atoms with Gasteiger partial charge in [0.15, 0.2) is 0 Å². The van der Waals surface area contributed by atoms with Gasteiger partial charge in [-0.25, -0.2) is 0 Å². The maximum absolute atomic E-state index is 9.62. The van der Waals surface area contributed by atoms with Gasteiger partial charge in [0.2, 0.25) is 0 Å². The van der Waals surface area contributed by atoms with Crippen LogP contribution in [-0.4, -0.2) is 21.5 Å². The van der Waals surface area contributed by atoms with Crippen LogP contribution in [0.3, 0.4) is 0 Å². The molecule has 1 unspecified atom stereocenters. The second-order valence-corrected chi connectivity index (χ2v) is 5.35. The first-order valence-corrected chi connectivity index (χ1v) is 6.83. The minimum Gasteiger partial charge on any atom is -0.396 e. The molecule has 0 saturated carbocycles.